The summed E-state index contributed by atoms with van der Waals surface area (Å²) in [5.74, 6) is -45.1. The van der Waals surface area contributed by atoms with Crippen molar-refractivity contribution in [2.24, 2.45) is 0 Å². The minimum Gasteiger partial charge on any atom is -0.502 e. The van der Waals surface area contributed by atoms with E-state index in [0.29, 0.717) is 0 Å². The van der Waals surface area contributed by atoms with Crippen molar-refractivity contribution in [2.75, 3.05) is 0 Å². The Morgan fingerprint density at radius 1 is 0.324 bits per heavy atom. The van der Waals surface area contributed by atoms with Crippen LogP contribution < -0.4 is 14.0 Å². The van der Waals surface area contributed by atoms with E-state index in [1.165, 1.54) is 0 Å². The Morgan fingerprint density at radius 3 is 0.730 bits per heavy atom. The van der Waals surface area contributed by atoms with Gasteiger partial charge in [0.05, 0.1) is 0 Å². The molecule has 0 heterocycles. The van der Waals surface area contributed by atoms with Crippen molar-refractivity contribution < 1.29 is 82.0 Å². The molecular weight excluding hydrogens is 551 g/mol. The zero-order chi connectivity index (χ0) is 28.1. The first-order valence-electron chi connectivity index (χ1n) is 8.76. The van der Waals surface area contributed by atoms with Crippen LogP contribution in [0.4, 0.5) is 52.7 Å². The molecule has 0 fully saturated rings. The Balaban J connectivity index is 2.22. The van der Waals surface area contributed by atoms with Crippen molar-refractivity contribution in [1.29, 1.82) is 0 Å². The topological polar surface area (TPSA) is 88.4 Å². The number of phenolic OH excluding ortho intramolecular Hbond substituents is 3. The van der Waals surface area contributed by atoms with Crippen LogP contribution in [0.3, 0.4) is 0 Å². The Hall–Kier alpha value is -4.32. The molecule has 0 bridgehead atoms. The number of phenols is 3. The first-order valence-corrected chi connectivity index (χ1v) is 8.76. The van der Waals surface area contributed by atoms with Crippen molar-refractivity contribution in [3.05, 3.63) is 69.8 Å². The maximum absolute atomic E-state index is 14.1. The van der Waals surface area contributed by atoms with Crippen LogP contribution in [0.1, 0.15) is 0 Å². The molecule has 0 aliphatic heterocycles. The molecule has 0 atom stereocenters. The molecule has 6 nitrogen and oxygen atoms in total. The fourth-order valence-corrected chi connectivity index (χ4v) is 2.48. The normalized spacial score (nSPS) is 11.0. The smallest absolute Gasteiger partial charge is 0.502 e. The molecule has 3 rings (SSSR count). The minimum atomic E-state index is -3.51. The Morgan fingerprint density at radius 2 is 0.514 bits per heavy atom. The molecule has 0 radical (unpaired) electrons. The summed E-state index contributed by atoms with van der Waals surface area (Å²) < 4.78 is 176. The lowest BCUT2D eigenvalue weighted by Gasteiger charge is -2.20. The van der Waals surface area contributed by atoms with E-state index in [-0.39, 0.29) is 0 Å². The number of aromatic hydroxyl groups is 3. The molecule has 3 N–H and O–H groups in total. The molecule has 3 aromatic rings. The molecule has 0 aromatic heterocycles. The van der Waals surface area contributed by atoms with Gasteiger partial charge < -0.3 is 29.3 Å². The van der Waals surface area contributed by atoms with Gasteiger partial charge in [0.25, 0.3) is 0 Å². The fourth-order valence-electron chi connectivity index (χ4n) is 2.48. The van der Waals surface area contributed by atoms with E-state index in [9.17, 15) is 68.0 Å². The van der Waals surface area contributed by atoms with Crippen LogP contribution >= 0.6 is 0 Å². The summed E-state index contributed by atoms with van der Waals surface area (Å²) in [7, 11) is -3.51. The third kappa shape index (κ3) is 4.40. The van der Waals surface area contributed by atoms with E-state index in [1.54, 1.807) is 0 Å². The average molecular weight is 554 g/mol. The molecule has 0 spiro atoms. The highest BCUT2D eigenvalue weighted by Gasteiger charge is 2.41. The van der Waals surface area contributed by atoms with Gasteiger partial charge in [0, 0.05) is 0 Å². The second kappa shape index (κ2) is 9.62. The van der Waals surface area contributed by atoms with E-state index in [4.69, 9.17) is 0 Å². The molecule has 0 saturated carbocycles. The van der Waals surface area contributed by atoms with Crippen molar-refractivity contribution >= 4 is 7.32 Å². The zero-order valence-electron chi connectivity index (χ0n) is 16.7. The van der Waals surface area contributed by atoms with Gasteiger partial charge in [0.15, 0.2) is 34.5 Å². The lowest BCUT2D eigenvalue weighted by atomic mass is 10.1. The van der Waals surface area contributed by atoms with Gasteiger partial charge in [-0.2, -0.15) is 26.3 Å². The molecule has 0 aliphatic carbocycles. The van der Waals surface area contributed by atoms with Gasteiger partial charge in [0.2, 0.25) is 69.8 Å². The summed E-state index contributed by atoms with van der Waals surface area (Å²) in [4.78, 5) is 0. The quantitative estimate of drug-likeness (QED) is 0.172. The number of rotatable bonds is 6. The van der Waals surface area contributed by atoms with Gasteiger partial charge in [-0.1, -0.05) is 0 Å². The Labute approximate surface area is 194 Å². The second-order valence-electron chi connectivity index (χ2n) is 6.44. The molecule has 0 unspecified atom stereocenters. The summed E-state index contributed by atoms with van der Waals surface area (Å²) in [5.41, 5.74) is 0. The van der Waals surface area contributed by atoms with Crippen LogP contribution in [0.15, 0.2) is 0 Å². The largest absolute Gasteiger partial charge is 0.864 e. The summed E-state index contributed by atoms with van der Waals surface area (Å²) >= 11 is 0. The number of hydrogen-bond acceptors (Lipinski definition) is 6. The molecule has 3 aromatic carbocycles. The number of hydrogen-bond donors (Lipinski definition) is 3. The molecule has 0 saturated heterocycles. The minimum absolute atomic E-state index is 2.20. The second-order valence-corrected chi connectivity index (χ2v) is 6.44. The van der Waals surface area contributed by atoms with Gasteiger partial charge in [-0.05, 0) is 0 Å². The monoisotopic (exact) mass is 554 g/mol. The molecular formula is C18H3BF12O6. The van der Waals surface area contributed by atoms with E-state index in [2.05, 4.69) is 14.0 Å². The number of benzene rings is 3. The highest BCUT2D eigenvalue weighted by molar-refractivity contribution is 6.39. The van der Waals surface area contributed by atoms with Crippen LogP contribution in [0.5, 0.6) is 34.5 Å². The van der Waals surface area contributed by atoms with E-state index < -0.39 is 112 Å². The van der Waals surface area contributed by atoms with E-state index in [1.807, 2.05) is 0 Å². The first-order chi connectivity index (χ1) is 17.1. The zero-order valence-corrected chi connectivity index (χ0v) is 16.7. The first kappa shape index (κ1) is 27.3. The maximum Gasteiger partial charge on any atom is 0.864 e. The standard InChI is InChI=1S/C18H3BF12O6/c20-1-4(23)10(29)16(13(32)7(1)26)35-19(36-17-11(30)5(24)2(21)8(27)14(17)33)37-18-12(31)6(25)3(22)9(28)15(18)34/h32-34H. The van der Waals surface area contributed by atoms with E-state index >= 15 is 0 Å². The fraction of sp³-hybridized carbons (Fsp3) is 0. The van der Waals surface area contributed by atoms with Crippen molar-refractivity contribution in [2.45, 2.75) is 0 Å². The van der Waals surface area contributed by atoms with Gasteiger partial charge in [0.1, 0.15) is 0 Å². The van der Waals surface area contributed by atoms with E-state index in [0.717, 1.165) is 0 Å². The van der Waals surface area contributed by atoms with Gasteiger partial charge in [-0.3, -0.25) is 0 Å². The third-order valence-electron chi connectivity index (χ3n) is 4.24. The Kier molecular flexibility index (Phi) is 7.09. The maximum atomic E-state index is 14.1. The Bertz CT molecular complexity index is 1180. The predicted molar refractivity (Wildman–Crippen MR) is 91.5 cm³/mol. The van der Waals surface area contributed by atoms with Crippen LogP contribution in [-0.2, 0) is 0 Å². The van der Waals surface area contributed by atoms with Crippen LogP contribution in [-0.4, -0.2) is 22.6 Å². The summed E-state index contributed by atoms with van der Waals surface area (Å²) in [5, 5.41) is 28.5. The van der Waals surface area contributed by atoms with Gasteiger partial charge in [-0.15, -0.1) is 0 Å². The number of halogens is 12. The van der Waals surface area contributed by atoms with Crippen LogP contribution in [0, 0.1) is 69.8 Å². The SMILES string of the molecule is Oc1c(F)c(F)c(F)c(F)c1OB(Oc1c(O)c(F)c(F)c(F)c1F)Oc1c(O)c(F)c(F)c(F)c1F. The summed E-state index contributed by atoms with van der Waals surface area (Å²) in [6.45, 7) is 0. The van der Waals surface area contributed by atoms with Crippen molar-refractivity contribution in [3.63, 3.8) is 0 Å². The lowest BCUT2D eigenvalue weighted by Crippen LogP contribution is -2.38. The summed E-state index contributed by atoms with van der Waals surface area (Å²) in [6.07, 6.45) is 0. The van der Waals surface area contributed by atoms with Crippen LogP contribution in [0.2, 0.25) is 0 Å². The highest BCUT2D eigenvalue weighted by atomic mass is 19.2. The van der Waals surface area contributed by atoms with Gasteiger partial charge in [-0.25, -0.2) is 26.3 Å². The molecule has 37 heavy (non-hydrogen) atoms. The van der Waals surface area contributed by atoms with Crippen molar-refractivity contribution in [1.82, 2.24) is 0 Å². The highest BCUT2D eigenvalue weighted by Crippen LogP contribution is 2.41. The van der Waals surface area contributed by atoms with Crippen LogP contribution in [0.25, 0.3) is 0 Å². The third-order valence-corrected chi connectivity index (χ3v) is 4.24. The molecule has 0 aliphatic rings. The van der Waals surface area contributed by atoms with Crippen molar-refractivity contribution in [3.8, 4) is 34.5 Å². The average Bonchev–Trinajstić information content (AvgIpc) is 2.88. The molecule has 19 heteroatoms. The molecule has 198 valence electrons. The lowest BCUT2D eigenvalue weighted by molar-refractivity contribution is 0.247. The predicted octanol–water partition coefficient (Wildman–Crippen LogP) is 4.99. The van der Waals surface area contributed by atoms with Gasteiger partial charge >= 0.3 is 7.32 Å². The molecule has 0 amide bonds. The summed E-state index contributed by atoms with van der Waals surface area (Å²) in [6, 6.07) is 0.